The van der Waals surface area contributed by atoms with E-state index in [0.717, 1.165) is 11.3 Å². The molecule has 1 fully saturated rings. The molecule has 2 atom stereocenters. The Morgan fingerprint density at radius 1 is 1.28 bits per heavy atom. The van der Waals surface area contributed by atoms with Crippen molar-refractivity contribution in [2.24, 2.45) is 11.7 Å². The molecule has 0 amide bonds. The van der Waals surface area contributed by atoms with Crippen molar-refractivity contribution in [2.45, 2.75) is 58.6 Å². The van der Waals surface area contributed by atoms with Crippen molar-refractivity contribution in [3.8, 4) is 5.75 Å². The second-order valence-electron chi connectivity index (χ2n) is 5.38. The smallest absolute Gasteiger partial charge is 0.127 e. The van der Waals surface area contributed by atoms with Gasteiger partial charge >= 0.3 is 0 Å². The fourth-order valence-electron chi connectivity index (χ4n) is 2.99. The molecule has 0 aliphatic heterocycles. The molecule has 0 aromatic heterocycles. The quantitative estimate of drug-likeness (QED) is 0.878. The summed E-state index contributed by atoms with van der Waals surface area (Å²) in [6.45, 7) is 4.94. The molecule has 2 N–H and O–H groups in total. The van der Waals surface area contributed by atoms with Gasteiger partial charge in [-0.3, -0.25) is 0 Å². The molecule has 0 heterocycles. The minimum Gasteiger partial charge on any atom is -0.490 e. The Kier molecular flexibility index (Phi) is 4.65. The van der Waals surface area contributed by atoms with Crippen LogP contribution in [0.3, 0.4) is 0 Å². The van der Waals surface area contributed by atoms with Crippen LogP contribution in [0.1, 0.15) is 50.2 Å². The summed E-state index contributed by atoms with van der Waals surface area (Å²) in [7, 11) is 0. The van der Waals surface area contributed by atoms with E-state index in [1.807, 2.05) is 0 Å². The molecule has 100 valence electrons. The van der Waals surface area contributed by atoms with Gasteiger partial charge in [0.05, 0.1) is 0 Å². The largest absolute Gasteiger partial charge is 0.490 e. The maximum Gasteiger partial charge on any atom is 0.127 e. The zero-order valence-electron chi connectivity index (χ0n) is 11.6. The molecule has 2 unspecified atom stereocenters. The summed E-state index contributed by atoms with van der Waals surface area (Å²) in [4.78, 5) is 0. The van der Waals surface area contributed by atoms with Gasteiger partial charge in [0, 0.05) is 12.1 Å². The minimum absolute atomic E-state index is 0.384. The summed E-state index contributed by atoms with van der Waals surface area (Å²) in [6, 6.07) is 6.24. The zero-order valence-corrected chi connectivity index (χ0v) is 11.6. The molecule has 2 rings (SSSR count). The molecular weight excluding hydrogens is 222 g/mol. The number of benzene rings is 1. The summed E-state index contributed by atoms with van der Waals surface area (Å²) in [6.07, 6.45) is 6.76. The Bertz CT molecular complexity index is 389. The molecule has 2 nitrogen and oxygen atoms in total. The topological polar surface area (TPSA) is 35.2 Å². The molecule has 1 aromatic rings. The van der Waals surface area contributed by atoms with E-state index in [-0.39, 0.29) is 0 Å². The van der Waals surface area contributed by atoms with E-state index >= 15 is 0 Å². The first-order valence-corrected chi connectivity index (χ1v) is 7.21. The molecule has 0 radical (unpaired) electrons. The van der Waals surface area contributed by atoms with Crippen LogP contribution in [0.5, 0.6) is 5.75 Å². The summed E-state index contributed by atoms with van der Waals surface area (Å²) in [5.41, 5.74) is 8.15. The Morgan fingerprint density at radius 2 is 2.06 bits per heavy atom. The van der Waals surface area contributed by atoms with Crippen molar-refractivity contribution < 1.29 is 4.74 Å². The van der Waals surface area contributed by atoms with Crippen LogP contribution in [0.15, 0.2) is 18.2 Å². The van der Waals surface area contributed by atoms with Gasteiger partial charge in [-0.1, -0.05) is 31.5 Å². The monoisotopic (exact) mass is 247 g/mol. The predicted molar refractivity (Wildman–Crippen MR) is 75.7 cm³/mol. The number of hydrogen-bond acceptors (Lipinski definition) is 2. The summed E-state index contributed by atoms with van der Waals surface area (Å²) >= 11 is 0. The molecule has 18 heavy (non-hydrogen) atoms. The Morgan fingerprint density at radius 3 is 2.78 bits per heavy atom. The second-order valence-corrected chi connectivity index (χ2v) is 5.38. The molecule has 1 aliphatic rings. The number of hydrogen-bond donors (Lipinski definition) is 1. The number of aryl methyl sites for hydroxylation is 1. The van der Waals surface area contributed by atoms with Crippen molar-refractivity contribution >= 4 is 0 Å². The van der Waals surface area contributed by atoms with Crippen LogP contribution >= 0.6 is 0 Å². The maximum atomic E-state index is 6.33. The first kappa shape index (κ1) is 13.4. The number of rotatable bonds is 4. The Labute approximate surface area is 111 Å². The lowest BCUT2D eigenvalue weighted by atomic mass is 9.84. The van der Waals surface area contributed by atoms with E-state index in [9.17, 15) is 0 Å². The minimum atomic E-state index is 0.384. The highest BCUT2D eigenvalue weighted by molar-refractivity contribution is 5.40. The first-order valence-electron chi connectivity index (χ1n) is 7.21. The van der Waals surface area contributed by atoms with Crippen LogP contribution < -0.4 is 10.5 Å². The standard InChI is InChI=1S/C16H25NO/c1-3-13-8-4-5-10-15(13)18-16-12(2)7-6-9-14(16)11-17/h6-7,9,13,15H,3-5,8,10-11,17H2,1-2H3. The van der Waals surface area contributed by atoms with Gasteiger partial charge in [-0.05, 0) is 44.1 Å². The molecule has 1 saturated carbocycles. The molecule has 0 spiro atoms. The highest BCUT2D eigenvalue weighted by atomic mass is 16.5. The van der Waals surface area contributed by atoms with Crippen LogP contribution in [0.2, 0.25) is 0 Å². The number of ether oxygens (including phenoxy) is 1. The van der Waals surface area contributed by atoms with Crippen molar-refractivity contribution in [2.75, 3.05) is 0 Å². The lowest BCUT2D eigenvalue weighted by molar-refractivity contribution is 0.0887. The average molecular weight is 247 g/mol. The van der Waals surface area contributed by atoms with Gasteiger partial charge in [0.1, 0.15) is 11.9 Å². The van der Waals surface area contributed by atoms with Gasteiger partial charge in [-0.25, -0.2) is 0 Å². The van der Waals surface area contributed by atoms with Gasteiger partial charge in [-0.2, -0.15) is 0 Å². The fraction of sp³-hybridized carbons (Fsp3) is 0.625. The van der Waals surface area contributed by atoms with Gasteiger partial charge in [0.2, 0.25) is 0 Å². The van der Waals surface area contributed by atoms with Crippen LogP contribution in [-0.2, 0) is 6.54 Å². The van der Waals surface area contributed by atoms with E-state index in [2.05, 4.69) is 32.0 Å². The highest BCUT2D eigenvalue weighted by Crippen LogP contribution is 2.33. The highest BCUT2D eigenvalue weighted by Gasteiger charge is 2.26. The van der Waals surface area contributed by atoms with Crippen LogP contribution in [0.25, 0.3) is 0 Å². The van der Waals surface area contributed by atoms with Crippen LogP contribution in [0.4, 0.5) is 0 Å². The molecule has 1 aliphatic carbocycles. The van der Waals surface area contributed by atoms with Crippen molar-refractivity contribution in [1.82, 2.24) is 0 Å². The predicted octanol–water partition coefficient (Wildman–Crippen LogP) is 3.80. The molecule has 0 bridgehead atoms. The summed E-state index contributed by atoms with van der Waals surface area (Å²) in [5.74, 6) is 1.74. The third-order valence-electron chi connectivity index (χ3n) is 4.15. The van der Waals surface area contributed by atoms with E-state index in [0.29, 0.717) is 18.6 Å². The Hall–Kier alpha value is -1.02. The second kappa shape index (κ2) is 6.24. The lowest BCUT2D eigenvalue weighted by Gasteiger charge is -2.32. The average Bonchev–Trinajstić information content (AvgIpc) is 2.41. The van der Waals surface area contributed by atoms with E-state index in [1.165, 1.54) is 37.7 Å². The first-order chi connectivity index (χ1) is 8.76. The molecule has 0 saturated heterocycles. The van der Waals surface area contributed by atoms with Crippen molar-refractivity contribution in [3.05, 3.63) is 29.3 Å². The van der Waals surface area contributed by atoms with Gasteiger partial charge in [-0.15, -0.1) is 0 Å². The summed E-state index contributed by atoms with van der Waals surface area (Å²) < 4.78 is 6.33. The third kappa shape index (κ3) is 2.86. The molecule has 2 heteroatoms. The Balaban J connectivity index is 2.17. The molecule has 1 aromatic carbocycles. The van der Waals surface area contributed by atoms with Crippen LogP contribution in [-0.4, -0.2) is 6.10 Å². The number of para-hydroxylation sites is 1. The van der Waals surface area contributed by atoms with Gasteiger partial charge in [0.25, 0.3) is 0 Å². The third-order valence-corrected chi connectivity index (χ3v) is 4.15. The van der Waals surface area contributed by atoms with E-state index < -0.39 is 0 Å². The van der Waals surface area contributed by atoms with E-state index in [4.69, 9.17) is 10.5 Å². The number of nitrogens with two attached hydrogens (primary N) is 1. The van der Waals surface area contributed by atoms with E-state index in [1.54, 1.807) is 0 Å². The van der Waals surface area contributed by atoms with Crippen molar-refractivity contribution in [1.29, 1.82) is 0 Å². The maximum absolute atomic E-state index is 6.33. The fourth-order valence-corrected chi connectivity index (χ4v) is 2.99. The van der Waals surface area contributed by atoms with Crippen molar-refractivity contribution in [3.63, 3.8) is 0 Å². The van der Waals surface area contributed by atoms with Gasteiger partial charge < -0.3 is 10.5 Å². The normalized spacial score (nSPS) is 23.9. The van der Waals surface area contributed by atoms with Gasteiger partial charge in [0.15, 0.2) is 0 Å². The zero-order chi connectivity index (χ0) is 13.0. The summed E-state index contributed by atoms with van der Waals surface area (Å²) in [5, 5.41) is 0. The SMILES string of the molecule is CCC1CCCCC1Oc1c(C)cccc1CN. The lowest BCUT2D eigenvalue weighted by Crippen LogP contribution is -2.30. The molecular formula is C16H25NO. The van der Waals surface area contributed by atoms with Crippen LogP contribution in [0, 0.1) is 12.8 Å².